The summed E-state index contributed by atoms with van der Waals surface area (Å²) in [7, 11) is 0. The number of nitrogens with one attached hydrogen (secondary N) is 1. The lowest BCUT2D eigenvalue weighted by Gasteiger charge is -2.37. The second-order valence-electron chi connectivity index (χ2n) is 5.73. The van der Waals surface area contributed by atoms with Crippen LogP contribution in [0.15, 0.2) is 30.3 Å². The molecule has 0 aromatic heterocycles. The molecule has 1 fully saturated rings. The van der Waals surface area contributed by atoms with Gasteiger partial charge in [0.2, 0.25) is 11.8 Å². The third-order valence-corrected chi connectivity index (χ3v) is 4.27. The van der Waals surface area contributed by atoms with E-state index in [1.807, 2.05) is 44.2 Å². The lowest BCUT2D eigenvalue weighted by Crippen LogP contribution is -2.51. The molecule has 5 heteroatoms. The van der Waals surface area contributed by atoms with Gasteiger partial charge in [0, 0.05) is 5.92 Å². The smallest absolute Gasteiger partial charge is 0.237 e. The highest BCUT2D eigenvalue weighted by atomic mass is 16.2. The average molecular weight is 289 g/mol. The van der Waals surface area contributed by atoms with Crippen molar-refractivity contribution >= 4 is 11.8 Å². The van der Waals surface area contributed by atoms with Gasteiger partial charge in [-0.1, -0.05) is 37.3 Å². The zero-order valence-electron chi connectivity index (χ0n) is 12.6. The van der Waals surface area contributed by atoms with Crippen molar-refractivity contribution < 1.29 is 9.59 Å². The molecule has 5 nitrogen and oxygen atoms in total. The first-order valence-electron chi connectivity index (χ1n) is 7.35. The summed E-state index contributed by atoms with van der Waals surface area (Å²) in [4.78, 5) is 25.7. The number of amides is 2. The monoisotopic (exact) mass is 289 g/mol. The lowest BCUT2D eigenvalue weighted by atomic mass is 9.87. The van der Waals surface area contributed by atoms with Gasteiger partial charge in [-0.15, -0.1) is 0 Å². The molecule has 1 unspecified atom stereocenters. The van der Waals surface area contributed by atoms with Crippen LogP contribution in [0.2, 0.25) is 0 Å². The largest absolute Gasteiger partial charge is 0.368 e. The fourth-order valence-corrected chi connectivity index (χ4v) is 2.61. The summed E-state index contributed by atoms with van der Waals surface area (Å²) in [5, 5.41) is 3.18. The molecule has 1 saturated heterocycles. The second kappa shape index (κ2) is 6.72. The highest BCUT2D eigenvalue weighted by molar-refractivity contribution is 5.85. The molecule has 1 heterocycles. The maximum absolute atomic E-state index is 12.7. The summed E-state index contributed by atoms with van der Waals surface area (Å²) < 4.78 is 0. The van der Waals surface area contributed by atoms with E-state index in [4.69, 9.17) is 5.73 Å². The number of hydrogen-bond donors (Lipinski definition) is 2. The molecule has 114 valence electrons. The number of carbonyl (C=O) groups excluding carboxylic acids is 2. The first-order valence-corrected chi connectivity index (χ1v) is 7.35. The molecular weight excluding hydrogens is 266 g/mol. The van der Waals surface area contributed by atoms with Crippen molar-refractivity contribution in [2.75, 3.05) is 19.6 Å². The van der Waals surface area contributed by atoms with Crippen molar-refractivity contribution in [2.45, 2.75) is 19.9 Å². The minimum Gasteiger partial charge on any atom is -0.368 e. The van der Waals surface area contributed by atoms with Gasteiger partial charge in [-0.2, -0.15) is 0 Å². The van der Waals surface area contributed by atoms with Crippen LogP contribution in [0.4, 0.5) is 0 Å². The summed E-state index contributed by atoms with van der Waals surface area (Å²) in [5.74, 6) is -0.241. The molecule has 0 spiro atoms. The van der Waals surface area contributed by atoms with E-state index in [9.17, 15) is 9.59 Å². The number of hydrogen-bond acceptors (Lipinski definition) is 3. The van der Waals surface area contributed by atoms with Crippen LogP contribution < -0.4 is 11.1 Å². The van der Waals surface area contributed by atoms with Crippen LogP contribution in [0, 0.1) is 11.8 Å². The van der Waals surface area contributed by atoms with Crippen molar-refractivity contribution in [3.63, 3.8) is 0 Å². The molecule has 1 aliphatic heterocycles. The Labute approximate surface area is 125 Å². The molecule has 2 amide bonds. The van der Waals surface area contributed by atoms with Crippen LogP contribution >= 0.6 is 0 Å². The SMILES string of the molecule is CC(C(=O)N(CC(N)=O)[C@H](C)c1ccccc1)C1CNC1. The Hall–Kier alpha value is -1.88. The van der Waals surface area contributed by atoms with Gasteiger partial charge in [0.15, 0.2) is 0 Å². The summed E-state index contributed by atoms with van der Waals surface area (Å²) >= 11 is 0. The summed E-state index contributed by atoms with van der Waals surface area (Å²) in [6.45, 7) is 5.54. The topological polar surface area (TPSA) is 75.4 Å². The van der Waals surface area contributed by atoms with Gasteiger partial charge in [0.05, 0.1) is 12.6 Å². The van der Waals surface area contributed by atoms with Crippen LogP contribution in [-0.4, -0.2) is 36.3 Å². The fourth-order valence-electron chi connectivity index (χ4n) is 2.61. The van der Waals surface area contributed by atoms with E-state index in [1.54, 1.807) is 4.90 Å². The van der Waals surface area contributed by atoms with Crippen LogP contribution in [0.5, 0.6) is 0 Å². The number of rotatable bonds is 6. The van der Waals surface area contributed by atoms with Crippen LogP contribution in [0.3, 0.4) is 0 Å². The minimum atomic E-state index is -0.481. The zero-order chi connectivity index (χ0) is 15.4. The molecule has 0 saturated carbocycles. The van der Waals surface area contributed by atoms with Crippen molar-refractivity contribution in [1.82, 2.24) is 10.2 Å². The van der Waals surface area contributed by atoms with Gasteiger partial charge in [-0.3, -0.25) is 9.59 Å². The Morgan fingerprint density at radius 2 is 1.90 bits per heavy atom. The first-order chi connectivity index (χ1) is 10.0. The molecule has 2 atom stereocenters. The number of benzene rings is 1. The van der Waals surface area contributed by atoms with E-state index in [1.165, 1.54) is 0 Å². The van der Waals surface area contributed by atoms with Crippen LogP contribution in [0.1, 0.15) is 25.5 Å². The Morgan fingerprint density at radius 3 is 2.38 bits per heavy atom. The molecule has 3 N–H and O–H groups in total. The standard InChI is InChI=1S/C16H23N3O2/c1-11(14-8-18-9-14)16(21)19(10-15(17)20)12(2)13-6-4-3-5-7-13/h3-7,11-12,14,18H,8-10H2,1-2H3,(H2,17,20)/t11?,12-/m1/s1. The highest BCUT2D eigenvalue weighted by Gasteiger charge is 2.34. The van der Waals surface area contributed by atoms with Gasteiger partial charge < -0.3 is 16.0 Å². The summed E-state index contributed by atoms with van der Waals surface area (Å²) in [5.41, 5.74) is 6.33. The third-order valence-electron chi connectivity index (χ3n) is 4.27. The molecule has 1 aromatic rings. The van der Waals surface area contributed by atoms with E-state index in [0.717, 1.165) is 18.7 Å². The molecule has 2 rings (SSSR count). The molecule has 0 radical (unpaired) electrons. The minimum absolute atomic E-state index is 0.00310. The Morgan fingerprint density at radius 1 is 1.29 bits per heavy atom. The molecule has 1 aromatic carbocycles. The molecule has 0 bridgehead atoms. The van der Waals surface area contributed by atoms with Crippen molar-refractivity contribution in [1.29, 1.82) is 0 Å². The van der Waals surface area contributed by atoms with E-state index < -0.39 is 5.91 Å². The lowest BCUT2D eigenvalue weighted by molar-refractivity contribution is -0.142. The third kappa shape index (κ3) is 3.61. The number of nitrogens with zero attached hydrogens (tertiary/aromatic N) is 1. The summed E-state index contributed by atoms with van der Waals surface area (Å²) in [6, 6.07) is 9.54. The zero-order valence-corrected chi connectivity index (χ0v) is 12.6. The second-order valence-corrected chi connectivity index (χ2v) is 5.73. The first kappa shape index (κ1) is 15.5. The molecule has 0 aliphatic carbocycles. The van der Waals surface area contributed by atoms with E-state index in [0.29, 0.717) is 5.92 Å². The van der Waals surface area contributed by atoms with Gasteiger partial charge >= 0.3 is 0 Å². The molecule has 1 aliphatic rings. The van der Waals surface area contributed by atoms with E-state index in [2.05, 4.69) is 5.32 Å². The van der Waals surface area contributed by atoms with Crippen molar-refractivity contribution in [3.05, 3.63) is 35.9 Å². The van der Waals surface area contributed by atoms with Crippen molar-refractivity contribution in [2.24, 2.45) is 17.6 Å². The van der Waals surface area contributed by atoms with Gasteiger partial charge in [0.25, 0.3) is 0 Å². The van der Waals surface area contributed by atoms with Crippen LogP contribution in [0.25, 0.3) is 0 Å². The van der Waals surface area contributed by atoms with E-state index >= 15 is 0 Å². The van der Waals surface area contributed by atoms with Gasteiger partial charge in [0.1, 0.15) is 0 Å². The Bertz CT molecular complexity index is 500. The molecule has 21 heavy (non-hydrogen) atoms. The van der Waals surface area contributed by atoms with Crippen molar-refractivity contribution in [3.8, 4) is 0 Å². The van der Waals surface area contributed by atoms with Crippen LogP contribution in [-0.2, 0) is 9.59 Å². The van der Waals surface area contributed by atoms with Gasteiger partial charge in [-0.05, 0) is 31.5 Å². The Balaban J connectivity index is 2.16. The predicted octanol–water partition coefficient (Wildman–Crippen LogP) is 0.917. The van der Waals surface area contributed by atoms with E-state index in [-0.39, 0.29) is 24.4 Å². The normalized spacial score (nSPS) is 17.6. The maximum Gasteiger partial charge on any atom is 0.237 e. The summed E-state index contributed by atoms with van der Waals surface area (Å²) in [6.07, 6.45) is 0. The predicted molar refractivity (Wildman–Crippen MR) is 81.3 cm³/mol. The maximum atomic E-state index is 12.7. The number of carbonyl (C=O) groups is 2. The number of nitrogens with two attached hydrogens (primary N) is 1. The average Bonchev–Trinajstić information content (AvgIpc) is 2.42. The highest BCUT2D eigenvalue weighted by Crippen LogP contribution is 2.25. The molecular formula is C16H23N3O2. The Kier molecular flexibility index (Phi) is 4.96. The number of primary amides is 1. The fraction of sp³-hybridized carbons (Fsp3) is 0.500. The quantitative estimate of drug-likeness (QED) is 0.817. The van der Waals surface area contributed by atoms with Gasteiger partial charge in [-0.25, -0.2) is 0 Å².